The summed E-state index contributed by atoms with van der Waals surface area (Å²) in [4.78, 5) is 8.75. The Morgan fingerprint density at radius 3 is 2.44 bits per heavy atom. The van der Waals surface area contributed by atoms with Crippen molar-refractivity contribution in [3.63, 3.8) is 0 Å². The number of hydrogen-bond donors (Lipinski definition) is 0. The lowest BCUT2D eigenvalue weighted by Gasteiger charge is -2.38. The number of hydrogen-bond acceptors (Lipinski definition) is 3. The van der Waals surface area contributed by atoms with Crippen LogP contribution in [0, 0.1) is 5.95 Å². The zero-order valence-corrected chi connectivity index (χ0v) is 10.7. The molecule has 1 aliphatic carbocycles. The van der Waals surface area contributed by atoms with E-state index in [0.29, 0.717) is 0 Å². The van der Waals surface area contributed by atoms with E-state index in [4.69, 9.17) is 0 Å². The number of piperazine rings is 1. The Hall–Kier alpha value is -1.16. The summed E-state index contributed by atoms with van der Waals surface area (Å²) < 4.78 is 13.1. The molecule has 4 heteroatoms. The van der Waals surface area contributed by atoms with Gasteiger partial charge in [-0.3, -0.25) is 4.90 Å². The van der Waals surface area contributed by atoms with Crippen LogP contribution in [0.3, 0.4) is 0 Å². The lowest BCUT2D eigenvalue weighted by atomic mass is 10.2. The summed E-state index contributed by atoms with van der Waals surface area (Å²) in [5.41, 5.74) is 0. The maximum Gasteiger partial charge on any atom is 0.214 e. The van der Waals surface area contributed by atoms with Gasteiger partial charge in [0.05, 0.1) is 0 Å². The van der Waals surface area contributed by atoms with Crippen molar-refractivity contribution in [2.75, 3.05) is 31.1 Å². The van der Waals surface area contributed by atoms with Gasteiger partial charge in [-0.2, -0.15) is 4.39 Å². The topological polar surface area (TPSA) is 19.4 Å². The molecular formula is C14H20FN3. The summed E-state index contributed by atoms with van der Waals surface area (Å²) in [5.74, 6) is 0.395. The Kier molecular flexibility index (Phi) is 3.46. The number of aromatic nitrogens is 1. The van der Waals surface area contributed by atoms with Gasteiger partial charge < -0.3 is 4.90 Å². The predicted octanol–water partition coefficient (Wildman–Crippen LogP) is 2.29. The van der Waals surface area contributed by atoms with E-state index in [1.807, 2.05) is 6.07 Å². The second kappa shape index (κ2) is 5.22. The number of rotatable bonds is 2. The van der Waals surface area contributed by atoms with E-state index in [0.717, 1.165) is 38.0 Å². The first-order chi connectivity index (χ1) is 8.83. The van der Waals surface area contributed by atoms with E-state index in [1.54, 1.807) is 6.07 Å². The van der Waals surface area contributed by atoms with Crippen LogP contribution in [0.15, 0.2) is 18.2 Å². The van der Waals surface area contributed by atoms with Crippen LogP contribution in [-0.2, 0) is 0 Å². The molecule has 0 aromatic carbocycles. The average Bonchev–Trinajstić information content (AvgIpc) is 2.93. The van der Waals surface area contributed by atoms with Gasteiger partial charge in [0.1, 0.15) is 5.82 Å². The van der Waals surface area contributed by atoms with Gasteiger partial charge in [0.2, 0.25) is 5.95 Å². The second-order valence-corrected chi connectivity index (χ2v) is 5.28. The number of nitrogens with zero attached hydrogens (tertiary/aromatic N) is 3. The van der Waals surface area contributed by atoms with Gasteiger partial charge in [0.15, 0.2) is 0 Å². The van der Waals surface area contributed by atoms with Gasteiger partial charge in [-0.1, -0.05) is 18.9 Å². The van der Waals surface area contributed by atoms with Crippen LogP contribution < -0.4 is 4.90 Å². The molecule has 0 amide bonds. The van der Waals surface area contributed by atoms with E-state index in [2.05, 4.69) is 14.8 Å². The van der Waals surface area contributed by atoms with Gasteiger partial charge in [-0.15, -0.1) is 0 Å². The van der Waals surface area contributed by atoms with Gasteiger partial charge in [-0.25, -0.2) is 4.98 Å². The Balaban J connectivity index is 1.59. The van der Waals surface area contributed by atoms with E-state index < -0.39 is 0 Å². The highest BCUT2D eigenvalue weighted by molar-refractivity contribution is 5.38. The average molecular weight is 249 g/mol. The van der Waals surface area contributed by atoms with Crippen molar-refractivity contribution in [2.24, 2.45) is 0 Å². The zero-order chi connectivity index (χ0) is 12.4. The minimum absolute atomic E-state index is 0.384. The fourth-order valence-electron chi connectivity index (χ4n) is 3.16. The minimum Gasteiger partial charge on any atom is -0.354 e. The molecule has 1 saturated heterocycles. The lowest BCUT2D eigenvalue weighted by Crippen LogP contribution is -2.50. The van der Waals surface area contributed by atoms with Crippen LogP contribution in [0.2, 0.25) is 0 Å². The van der Waals surface area contributed by atoms with E-state index in [9.17, 15) is 4.39 Å². The summed E-state index contributed by atoms with van der Waals surface area (Å²) >= 11 is 0. The Bertz CT molecular complexity index is 396. The molecule has 98 valence electrons. The fourth-order valence-corrected chi connectivity index (χ4v) is 3.16. The molecule has 2 heterocycles. The maximum atomic E-state index is 13.1. The van der Waals surface area contributed by atoms with Crippen molar-refractivity contribution in [3.05, 3.63) is 24.1 Å². The first-order valence-electron chi connectivity index (χ1n) is 6.94. The van der Waals surface area contributed by atoms with E-state index in [1.165, 1.54) is 31.7 Å². The third-order valence-corrected chi connectivity index (χ3v) is 4.18. The summed E-state index contributed by atoms with van der Waals surface area (Å²) in [6.45, 7) is 4.10. The van der Waals surface area contributed by atoms with E-state index in [-0.39, 0.29) is 5.95 Å². The van der Waals surface area contributed by atoms with Crippen LogP contribution in [-0.4, -0.2) is 42.1 Å². The molecule has 18 heavy (non-hydrogen) atoms. The molecule has 1 saturated carbocycles. The smallest absolute Gasteiger partial charge is 0.214 e. The van der Waals surface area contributed by atoms with Crippen molar-refractivity contribution in [1.29, 1.82) is 0 Å². The summed E-state index contributed by atoms with van der Waals surface area (Å²) in [5, 5.41) is 0. The highest BCUT2D eigenvalue weighted by Gasteiger charge is 2.26. The SMILES string of the molecule is Fc1cccc(N2CCN(C3CCCC3)CC2)n1. The number of pyridine rings is 1. The Morgan fingerprint density at radius 1 is 1.06 bits per heavy atom. The van der Waals surface area contributed by atoms with Crippen molar-refractivity contribution in [3.8, 4) is 0 Å². The van der Waals surface area contributed by atoms with Crippen molar-refractivity contribution in [2.45, 2.75) is 31.7 Å². The predicted molar refractivity (Wildman–Crippen MR) is 70.2 cm³/mol. The minimum atomic E-state index is -0.384. The highest BCUT2D eigenvalue weighted by Crippen LogP contribution is 2.25. The molecule has 1 aliphatic heterocycles. The van der Waals surface area contributed by atoms with E-state index >= 15 is 0 Å². The normalized spacial score (nSPS) is 22.6. The van der Waals surface area contributed by atoms with Gasteiger partial charge in [0.25, 0.3) is 0 Å². The summed E-state index contributed by atoms with van der Waals surface area (Å²) in [6.07, 6.45) is 5.49. The van der Waals surface area contributed by atoms with Crippen LogP contribution in [0.4, 0.5) is 10.2 Å². The van der Waals surface area contributed by atoms with Crippen molar-refractivity contribution >= 4 is 5.82 Å². The number of halogens is 1. The second-order valence-electron chi connectivity index (χ2n) is 5.28. The highest BCUT2D eigenvalue weighted by atomic mass is 19.1. The van der Waals surface area contributed by atoms with Crippen molar-refractivity contribution in [1.82, 2.24) is 9.88 Å². The lowest BCUT2D eigenvalue weighted by molar-refractivity contribution is 0.187. The molecule has 0 radical (unpaired) electrons. The van der Waals surface area contributed by atoms with Crippen molar-refractivity contribution < 1.29 is 4.39 Å². The number of anilines is 1. The molecule has 0 spiro atoms. The van der Waals surface area contributed by atoms with Crippen LogP contribution in [0.1, 0.15) is 25.7 Å². The quantitative estimate of drug-likeness (QED) is 0.750. The molecule has 3 nitrogen and oxygen atoms in total. The molecule has 0 bridgehead atoms. The molecule has 0 unspecified atom stereocenters. The van der Waals surface area contributed by atoms with Gasteiger partial charge in [0, 0.05) is 32.2 Å². The zero-order valence-electron chi connectivity index (χ0n) is 10.7. The summed E-state index contributed by atoms with van der Waals surface area (Å²) in [6, 6.07) is 5.83. The molecule has 2 fully saturated rings. The standard InChI is InChI=1S/C14H20FN3/c15-13-6-3-7-14(16-13)18-10-8-17(9-11-18)12-4-1-2-5-12/h3,6-7,12H,1-2,4-5,8-11H2. The monoisotopic (exact) mass is 249 g/mol. The Morgan fingerprint density at radius 2 is 1.78 bits per heavy atom. The third kappa shape index (κ3) is 2.48. The molecule has 1 aromatic rings. The largest absolute Gasteiger partial charge is 0.354 e. The first kappa shape index (κ1) is 11.9. The molecule has 1 aromatic heterocycles. The van der Waals surface area contributed by atoms with Gasteiger partial charge in [-0.05, 0) is 25.0 Å². The molecule has 0 N–H and O–H groups in total. The third-order valence-electron chi connectivity index (χ3n) is 4.18. The fraction of sp³-hybridized carbons (Fsp3) is 0.643. The van der Waals surface area contributed by atoms with Crippen LogP contribution >= 0.6 is 0 Å². The maximum absolute atomic E-state index is 13.1. The van der Waals surface area contributed by atoms with Crippen LogP contribution in [0.25, 0.3) is 0 Å². The molecule has 0 atom stereocenters. The molecule has 3 rings (SSSR count). The first-order valence-corrected chi connectivity index (χ1v) is 6.94. The van der Waals surface area contributed by atoms with Crippen LogP contribution in [0.5, 0.6) is 0 Å². The molecule has 2 aliphatic rings. The molecular weight excluding hydrogens is 229 g/mol. The Labute approximate surface area is 108 Å². The summed E-state index contributed by atoms with van der Waals surface area (Å²) in [7, 11) is 0. The van der Waals surface area contributed by atoms with Gasteiger partial charge >= 0.3 is 0 Å².